The lowest BCUT2D eigenvalue weighted by atomic mass is 9.78. The Morgan fingerprint density at radius 2 is 1.46 bits per heavy atom. The molecule has 0 spiro atoms. The number of ether oxygens (including phenoxy) is 1. The van der Waals surface area contributed by atoms with Crippen LogP contribution in [0.2, 0.25) is 0 Å². The lowest BCUT2D eigenvalue weighted by Gasteiger charge is -2.34. The van der Waals surface area contributed by atoms with Gasteiger partial charge >= 0.3 is 12.1 Å². The third-order valence-corrected chi connectivity index (χ3v) is 7.93. The van der Waals surface area contributed by atoms with Crippen molar-refractivity contribution in [3.8, 4) is 11.1 Å². The average Bonchev–Trinajstić information content (AvgIpc) is 3.28. The molecule has 0 radical (unpaired) electrons. The molecular weight excluding hydrogens is 492 g/mol. The highest BCUT2D eigenvalue weighted by molar-refractivity contribution is 5.83. The Hall–Kier alpha value is -4.13. The fourth-order valence-corrected chi connectivity index (χ4v) is 6.05. The third kappa shape index (κ3) is 6.14. The maximum Gasteiger partial charge on any atom is 0.407 e. The molecule has 0 bridgehead atoms. The minimum absolute atomic E-state index is 0.0188. The lowest BCUT2D eigenvalue weighted by Crippen LogP contribution is -2.45. The van der Waals surface area contributed by atoms with E-state index < -0.39 is 12.1 Å². The van der Waals surface area contributed by atoms with Crippen LogP contribution in [0.25, 0.3) is 11.1 Å². The van der Waals surface area contributed by atoms with E-state index in [9.17, 15) is 19.5 Å². The number of rotatable bonds is 9. The van der Waals surface area contributed by atoms with Crippen LogP contribution >= 0.6 is 0 Å². The van der Waals surface area contributed by atoms with E-state index in [1.165, 1.54) is 16.0 Å². The number of alkyl carbamates (subject to hydrolysis) is 1. The molecule has 7 heteroatoms. The van der Waals surface area contributed by atoms with Gasteiger partial charge in [0.25, 0.3) is 0 Å². The van der Waals surface area contributed by atoms with Crippen molar-refractivity contribution in [2.24, 2.45) is 11.8 Å². The van der Waals surface area contributed by atoms with Gasteiger partial charge in [-0.1, -0.05) is 91.7 Å². The van der Waals surface area contributed by atoms with E-state index in [2.05, 4.69) is 29.6 Å². The maximum absolute atomic E-state index is 13.5. The van der Waals surface area contributed by atoms with Crippen LogP contribution in [0.5, 0.6) is 0 Å². The van der Waals surface area contributed by atoms with Crippen molar-refractivity contribution in [2.45, 2.75) is 38.1 Å². The molecule has 3 aromatic carbocycles. The van der Waals surface area contributed by atoms with E-state index >= 15 is 0 Å². The van der Waals surface area contributed by atoms with E-state index in [0.29, 0.717) is 13.0 Å². The summed E-state index contributed by atoms with van der Waals surface area (Å²) in [6.07, 6.45) is 2.86. The van der Waals surface area contributed by atoms with Crippen molar-refractivity contribution in [3.63, 3.8) is 0 Å². The van der Waals surface area contributed by atoms with Crippen molar-refractivity contribution in [1.29, 1.82) is 0 Å². The second-order valence-electron chi connectivity index (χ2n) is 10.4. The second-order valence-corrected chi connectivity index (χ2v) is 10.4. The van der Waals surface area contributed by atoms with E-state index in [4.69, 9.17) is 4.74 Å². The van der Waals surface area contributed by atoms with Gasteiger partial charge in [-0.25, -0.2) is 4.79 Å². The molecule has 2 aliphatic rings. The van der Waals surface area contributed by atoms with Gasteiger partial charge in [0, 0.05) is 24.9 Å². The molecule has 2 N–H and O–H groups in total. The summed E-state index contributed by atoms with van der Waals surface area (Å²) in [7, 11) is 0. The molecule has 5 rings (SSSR count). The lowest BCUT2D eigenvalue weighted by molar-refractivity contribution is -0.148. The van der Waals surface area contributed by atoms with E-state index in [-0.39, 0.29) is 43.4 Å². The molecule has 3 aromatic rings. The molecule has 0 aliphatic heterocycles. The summed E-state index contributed by atoms with van der Waals surface area (Å²) in [6, 6.07) is 25.8. The first-order chi connectivity index (χ1) is 19.0. The molecule has 1 fully saturated rings. The van der Waals surface area contributed by atoms with Crippen LogP contribution in [0.1, 0.15) is 48.3 Å². The van der Waals surface area contributed by atoms with Gasteiger partial charge < -0.3 is 20.1 Å². The topological polar surface area (TPSA) is 95.9 Å². The molecule has 7 nitrogen and oxygen atoms in total. The zero-order valence-electron chi connectivity index (χ0n) is 21.9. The number of benzene rings is 3. The Bertz CT molecular complexity index is 1280. The second kappa shape index (κ2) is 12.2. The molecular formula is C32H34N2O5. The summed E-state index contributed by atoms with van der Waals surface area (Å²) in [6.45, 7) is 0.446. The number of carbonyl (C=O) groups is 3. The van der Waals surface area contributed by atoms with Gasteiger partial charge in [0.1, 0.15) is 13.2 Å². The summed E-state index contributed by atoms with van der Waals surface area (Å²) in [5.74, 6) is -1.63. The zero-order chi connectivity index (χ0) is 27.2. The van der Waals surface area contributed by atoms with Gasteiger partial charge in [0.15, 0.2) is 0 Å². The number of nitrogens with zero attached hydrogens (tertiary/aromatic N) is 1. The molecule has 0 saturated heterocycles. The Morgan fingerprint density at radius 1 is 0.846 bits per heavy atom. The van der Waals surface area contributed by atoms with Gasteiger partial charge in [-0.2, -0.15) is 0 Å². The molecule has 2 amide bonds. The zero-order valence-corrected chi connectivity index (χ0v) is 21.9. The van der Waals surface area contributed by atoms with Gasteiger partial charge in [-0.3, -0.25) is 9.59 Å². The number of amides is 2. The maximum atomic E-state index is 13.5. The Morgan fingerprint density at radius 3 is 2.13 bits per heavy atom. The first kappa shape index (κ1) is 26.5. The van der Waals surface area contributed by atoms with Crippen LogP contribution in [0.15, 0.2) is 78.9 Å². The quantitative estimate of drug-likeness (QED) is 0.387. The van der Waals surface area contributed by atoms with E-state index in [1.54, 1.807) is 0 Å². The molecule has 202 valence electrons. The standard InChI is InChI=1S/C32H34N2O5/c35-30(36)20-34(19-22-10-2-1-3-11-22)31(37)24-13-5-4-12-23(24)18-33-32(38)39-21-29-27-16-8-6-14-25(27)26-15-7-9-17-28(26)29/h1-3,6-11,14-17,23-24,29H,4-5,12-13,18-21H2,(H,33,38)(H,35,36)/t23-,24-/m1/s1. The first-order valence-corrected chi connectivity index (χ1v) is 13.6. The molecule has 0 unspecified atom stereocenters. The fraction of sp³-hybridized carbons (Fsp3) is 0.344. The number of carbonyl (C=O) groups excluding carboxylic acids is 2. The third-order valence-electron chi connectivity index (χ3n) is 7.93. The van der Waals surface area contributed by atoms with Crippen LogP contribution in [-0.4, -0.2) is 47.7 Å². The van der Waals surface area contributed by atoms with Crippen molar-refractivity contribution >= 4 is 18.0 Å². The van der Waals surface area contributed by atoms with Crippen molar-refractivity contribution in [2.75, 3.05) is 19.7 Å². The predicted molar refractivity (Wildman–Crippen MR) is 148 cm³/mol. The van der Waals surface area contributed by atoms with Crippen molar-refractivity contribution in [1.82, 2.24) is 10.2 Å². The number of aliphatic carboxylic acids is 1. The first-order valence-electron chi connectivity index (χ1n) is 13.6. The average molecular weight is 527 g/mol. The van der Waals surface area contributed by atoms with E-state index in [0.717, 1.165) is 36.0 Å². The normalized spacial score (nSPS) is 18.1. The molecule has 39 heavy (non-hydrogen) atoms. The molecule has 2 aliphatic carbocycles. The molecule has 0 heterocycles. The van der Waals surface area contributed by atoms with E-state index in [1.807, 2.05) is 54.6 Å². The van der Waals surface area contributed by atoms with Crippen LogP contribution < -0.4 is 5.32 Å². The summed E-state index contributed by atoms with van der Waals surface area (Å²) < 4.78 is 5.68. The summed E-state index contributed by atoms with van der Waals surface area (Å²) in [5, 5.41) is 12.3. The number of carboxylic acids is 1. The Labute approximate surface area is 228 Å². The minimum Gasteiger partial charge on any atom is -0.480 e. The SMILES string of the molecule is O=C(O)CN(Cc1ccccc1)C(=O)[C@@H]1CCCC[C@@H]1CNC(=O)OCC1c2ccccc2-c2ccccc21. The number of hydrogen-bond acceptors (Lipinski definition) is 4. The van der Waals surface area contributed by atoms with Crippen LogP contribution in [0.3, 0.4) is 0 Å². The fourth-order valence-electron chi connectivity index (χ4n) is 6.05. The molecule has 0 aromatic heterocycles. The number of carboxylic acid groups (broad SMARTS) is 1. The number of hydrogen-bond donors (Lipinski definition) is 2. The summed E-state index contributed by atoms with van der Waals surface area (Å²) >= 11 is 0. The van der Waals surface area contributed by atoms with Crippen LogP contribution in [0.4, 0.5) is 4.79 Å². The van der Waals surface area contributed by atoms with Gasteiger partial charge in [-0.15, -0.1) is 0 Å². The largest absolute Gasteiger partial charge is 0.480 e. The highest BCUT2D eigenvalue weighted by atomic mass is 16.5. The highest BCUT2D eigenvalue weighted by Gasteiger charge is 2.35. The van der Waals surface area contributed by atoms with Crippen molar-refractivity contribution < 1.29 is 24.2 Å². The molecule has 1 saturated carbocycles. The van der Waals surface area contributed by atoms with Gasteiger partial charge in [-0.05, 0) is 46.6 Å². The number of fused-ring (bicyclic) bond motifs is 3. The van der Waals surface area contributed by atoms with Gasteiger partial charge in [0.05, 0.1) is 0 Å². The van der Waals surface area contributed by atoms with Gasteiger partial charge in [0.2, 0.25) is 5.91 Å². The highest BCUT2D eigenvalue weighted by Crippen LogP contribution is 2.44. The number of nitrogens with one attached hydrogen (secondary N) is 1. The Kier molecular flexibility index (Phi) is 8.25. The van der Waals surface area contributed by atoms with Crippen molar-refractivity contribution in [3.05, 3.63) is 95.6 Å². The smallest absolute Gasteiger partial charge is 0.407 e. The molecule has 2 atom stereocenters. The summed E-state index contributed by atoms with van der Waals surface area (Å²) in [5.41, 5.74) is 5.54. The minimum atomic E-state index is -1.04. The van der Waals surface area contributed by atoms with Crippen LogP contribution in [-0.2, 0) is 20.9 Å². The van der Waals surface area contributed by atoms with Crippen LogP contribution in [0, 0.1) is 11.8 Å². The summed E-state index contributed by atoms with van der Waals surface area (Å²) in [4.78, 5) is 39.3. The predicted octanol–water partition coefficient (Wildman–Crippen LogP) is 5.44. The monoisotopic (exact) mass is 526 g/mol. The Balaban J connectivity index is 1.20.